The Morgan fingerprint density at radius 3 is 2.50 bits per heavy atom. The monoisotopic (exact) mass is 165 g/mol. The first-order valence-electron chi connectivity index (χ1n) is 4.95. The third-order valence-electron chi connectivity index (χ3n) is 2.49. The van der Waals surface area contributed by atoms with Gasteiger partial charge in [0.2, 0.25) is 0 Å². The number of hydrogen-bond donors (Lipinski definition) is 0. The molecule has 1 rings (SSSR count). The highest BCUT2D eigenvalue weighted by Gasteiger charge is 2.19. The molecule has 1 saturated heterocycles. The lowest BCUT2D eigenvalue weighted by atomic mass is 9.87. The van der Waals surface area contributed by atoms with Crippen molar-refractivity contribution in [3.63, 3.8) is 0 Å². The highest BCUT2D eigenvalue weighted by Crippen LogP contribution is 2.23. The van der Waals surface area contributed by atoms with Crippen molar-refractivity contribution in [3.8, 4) is 0 Å². The zero-order valence-corrected chi connectivity index (χ0v) is 8.64. The highest BCUT2D eigenvalue weighted by molar-refractivity contribution is 6.11. The fourth-order valence-corrected chi connectivity index (χ4v) is 1.56. The molecule has 0 saturated carbocycles. The SMILES string of the molecule is [B]C1CCN(CCC(C)(C)C)C1. The zero-order valence-electron chi connectivity index (χ0n) is 8.64. The van der Waals surface area contributed by atoms with Crippen LogP contribution in [0.4, 0.5) is 0 Å². The van der Waals surface area contributed by atoms with Crippen molar-refractivity contribution in [2.24, 2.45) is 5.41 Å². The third-order valence-corrected chi connectivity index (χ3v) is 2.49. The van der Waals surface area contributed by atoms with Gasteiger partial charge in [-0.15, -0.1) is 0 Å². The minimum absolute atomic E-state index is 0.435. The Kier molecular flexibility index (Phi) is 3.22. The average Bonchev–Trinajstić information content (AvgIpc) is 2.30. The van der Waals surface area contributed by atoms with E-state index < -0.39 is 0 Å². The van der Waals surface area contributed by atoms with Crippen LogP contribution in [0.5, 0.6) is 0 Å². The fraction of sp³-hybridized carbons (Fsp3) is 1.00. The summed E-state index contributed by atoms with van der Waals surface area (Å²) in [5.41, 5.74) is 0.465. The van der Waals surface area contributed by atoms with Crippen molar-refractivity contribution in [2.75, 3.05) is 19.6 Å². The maximum atomic E-state index is 5.82. The summed E-state index contributed by atoms with van der Waals surface area (Å²) in [5.74, 6) is 0.435. The summed E-state index contributed by atoms with van der Waals surface area (Å²) in [6.45, 7) is 10.4. The summed E-state index contributed by atoms with van der Waals surface area (Å²) in [4.78, 5) is 2.48. The molecule has 1 fully saturated rings. The molecule has 1 heterocycles. The van der Waals surface area contributed by atoms with E-state index in [1.54, 1.807) is 0 Å². The summed E-state index contributed by atoms with van der Waals surface area (Å²) < 4.78 is 0. The first-order chi connectivity index (χ1) is 5.47. The molecule has 2 radical (unpaired) electrons. The van der Waals surface area contributed by atoms with Crippen LogP contribution in [-0.4, -0.2) is 32.4 Å². The predicted molar refractivity (Wildman–Crippen MR) is 54.6 cm³/mol. The van der Waals surface area contributed by atoms with Crippen LogP contribution < -0.4 is 0 Å². The van der Waals surface area contributed by atoms with Gasteiger partial charge in [-0.3, -0.25) is 0 Å². The van der Waals surface area contributed by atoms with E-state index in [4.69, 9.17) is 7.85 Å². The molecule has 12 heavy (non-hydrogen) atoms. The van der Waals surface area contributed by atoms with E-state index in [1.165, 1.54) is 25.9 Å². The molecule has 0 N–H and O–H groups in total. The largest absolute Gasteiger partial charge is 0.304 e. The summed E-state index contributed by atoms with van der Waals surface area (Å²) in [5, 5.41) is 0. The van der Waals surface area contributed by atoms with Crippen molar-refractivity contribution in [3.05, 3.63) is 0 Å². The van der Waals surface area contributed by atoms with E-state index in [-0.39, 0.29) is 0 Å². The van der Waals surface area contributed by atoms with E-state index in [2.05, 4.69) is 25.7 Å². The molecule has 1 unspecified atom stereocenters. The molecule has 0 aliphatic carbocycles. The second-order valence-electron chi connectivity index (χ2n) is 5.16. The Hall–Kier alpha value is 0.0249. The van der Waals surface area contributed by atoms with E-state index >= 15 is 0 Å². The predicted octanol–water partition coefficient (Wildman–Crippen LogP) is 2.09. The average molecular weight is 165 g/mol. The molecule has 0 amide bonds. The van der Waals surface area contributed by atoms with Gasteiger partial charge in [0.05, 0.1) is 7.85 Å². The van der Waals surface area contributed by atoms with Crippen LogP contribution in [0.3, 0.4) is 0 Å². The van der Waals surface area contributed by atoms with Crippen molar-refractivity contribution < 1.29 is 0 Å². The lowest BCUT2D eigenvalue weighted by Gasteiger charge is -2.23. The van der Waals surface area contributed by atoms with Gasteiger partial charge in [-0.25, -0.2) is 0 Å². The molecule has 68 valence electrons. The van der Waals surface area contributed by atoms with E-state index in [0.29, 0.717) is 11.2 Å². The lowest BCUT2D eigenvalue weighted by Crippen LogP contribution is -2.24. The lowest BCUT2D eigenvalue weighted by molar-refractivity contribution is 0.265. The Bertz CT molecular complexity index is 139. The normalized spacial score (nSPS) is 26.4. The minimum Gasteiger partial charge on any atom is -0.304 e. The van der Waals surface area contributed by atoms with Crippen LogP contribution in [0, 0.1) is 5.41 Å². The summed E-state index contributed by atoms with van der Waals surface area (Å²) in [6.07, 6.45) is 2.46. The number of hydrogen-bond acceptors (Lipinski definition) is 1. The van der Waals surface area contributed by atoms with Crippen molar-refractivity contribution in [2.45, 2.75) is 39.4 Å². The molecule has 1 aliphatic heterocycles. The topological polar surface area (TPSA) is 3.24 Å². The molecule has 0 aromatic carbocycles. The number of rotatable bonds is 2. The highest BCUT2D eigenvalue weighted by atomic mass is 15.1. The van der Waals surface area contributed by atoms with Crippen molar-refractivity contribution in [1.82, 2.24) is 4.90 Å². The van der Waals surface area contributed by atoms with Crippen LogP contribution in [0.1, 0.15) is 33.6 Å². The van der Waals surface area contributed by atoms with Crippen LogP contribution in [-0.2, 0) is 0 Å². The zero-order chi connectivity index (χ0) is 9.19. The number of nitrogens with zero attached hydrogens (tertiary/aromatic N) is 1. The van der Waals surface area contributed by atoms with Gasteiger partial charge in [-0.2, -0.15) is 0 Å². The molecule has 1 nitrogen and oxygen atoms in total. The first kappa shape index (κ1) is 10.1. The van der Waals surface area contributed by atoms with Crippen LogP contribution in [0.2, 0.25) is 5.82 Å². The molecular weight excluding hydrogens is 145 g/mol. The maximum Gasteiger partial charge on any atom is 0.0717 e. The summed E-state index contributed by atoms with van der Waals surface area (Å²) in [6, 6.07) is 0. The molecule has 0 aromatic rings. The van der Waals surface area contributed by atoms with Gasteiger partial charge in [0.1, 0.15) is 0 Å². The standard InChI is InChI=1S/C10H20BN/c1-10(2,3)5-7-12-6-4-9(11)8-12/h9H,4-8H2,1-3H3. The Labute approximate surface area is 77.9 Å². The second-order valence-corrected chi connectivity index (χ2v) is 5.16. The Morgan fingerprint density at radius 2 is 2.08 bits per heavy atom. The van der Waals surface area contributed by atoms with Gasteiger partial charge < -0.3 is 4.90 Å². The van der Waals surface area contributed by atoms with Crippen LogP contribution in [0.15, 0.2) is 0 Å². The van der Waals surface area contributed by atoms with Gasteiger partial charge >= 0.3 is 0 Å². The van der Waals surface area contributed by atoms with E-state index in [9.17, 15) is 0 Å². The molecule has 2 heteroatoms. The van der Waals surface area contributed by atoms with Gasteiger partial charge in [-0.05, 0) is 37.9 Å². The summed E-state index contributed by atoms with van der Waals surface area (Å²) in [7, 11) is 5.82. The van der Waals surface area contributed by atoms with Gasteiger partial charge in [0.25, 0.3) is 0 Å². The van der Waals surface area contributed by atoms with E-state index in [0.717, 1.165) is 6.54 Å². The van der Waals surface area contributed by atoms with Gasteiger partial charge in [0.15, 0.2) is 0 Å². The molecule has 0 spiro atoms. The van der Waals surface area contributed by atoms with Crippen LogP contribution in [0.25, 0.3) is 0 Å². The molecular formula is C10H20BN. The molecule has 0 bridgehead atoms. The van der Waals surface area contributed by atoms with Crippen molar-refractivity contribution in [1.29, 1.82) is 0 Å². The number of likely N-dealkylation sites (tertiary alicyclic amines) is 1. The third kappa shape index (κ3) is 3.62. The summed E-state index contributed by atoms with van der Waals surface area (Å²) >= 11 is 0. The molecule has 1 aliphatic rings. The molecule has 1 atom stereocenters. The Morgan fingerprint density at radius 1 is 1.42 bits per heavy atom. The minimum atomic E-state index is 0.435. The van der Waals surface area contributed by atoms with Gasteiger partial charge in [-0.1, -0.05) is 26.6 Å². The smallest absolute Gasteiger partial charge is 0.0717 e. The quantitative estimate of drug-likeness (QED) is 0.566. The van der Waals surface area contributed by atoms with Crippen molar-refractivity contribution >= 4 is 7.85 Å². The van der Waals surface area contributed by atoms with Gasteiger partial charge in [0, 0.05) is 0 Å². The first-order valence-corrected chi connectivity index (χ1v) is 4.95. The molecule has 0 aromatic heterocycles. The van der Waals surface area contributed by atoms with Crippen LogP contribution >= 0.6 is 0 Å². The van der Waals surface area contributed by atoms with E-state index in [1.807, 2.05) is 0 Å². The fourth-order valence-electron chi connectivity index (χ4n) is 1.56. The second kappa shape index (κ2) is 3.82. The Balaban J connectivity index is 2.16. The maximum absolute atomic E-state index is 5.82.